The molecule has 0 aromatic carbocycles. The van der Waals surface area contributed by atoms with E-state index in [-0.39, 0.29) is 17.5 Å². The number of alkyl halides is 1. The number of ketones is 1. The molecule has 140 valence electrons. The van der Waals surface area contributed by atoms with E-state index in [1.54, 1.807) is 0 Å². The Labute approximate surface area is 159 Å². The molecule has 4 aliphatic rings. The van der Waals surface area contributed by atoms with E-state index in [0.717, 1.165) is 37.5 Å². The maximum absolute atomic E-state index is 12.0. The number of hydrogen-bond acceptors (Lipinski definition) is 3. The molecule has 0 amide bonds. The van der Waals surface area contributed by atoms with Crippen LogP contribution in [-0.4, -0.2) is 23.2 Å². The average molecular weight is 411 g/mol. The molecule has 0 aromatic heterocycles. The summed E-state index contributed by atoms with van der Waals surface area (Å²) in [6.07, 6.45) is 9.98. The predicted octanol–water partition coefficient (Wildman–Crippen LogP) is 4.90. The molecule has 4 fully saturated rings. The van der Waals surface area contributed by atoms with Crippen LogP contribution in [0.1, 0.15) is 71.6 Å². The molecule has 0 spiro atoms. The number of Topliss-reactive ketones (excluding diaryl/α,β-unsaturated/α-hetero) is 1. The van der Waals surface area contributed by atoms with Gasteiger partial charge in [0.1, 0.15) is 17.2 Å². The van der Waals surface area contributed by atoms with E-state index >= 15 is 0 Å². The van der Waals surface area contributed by atoms with Gasteiger partial charge in [0, 0.05) is 18.3 Å². The van der Waals surface area contributed by atoms with E-state index in [0.29, 0.717) is 28.4 Å². The minimum atomic E-state index is -0.115. The van der Waals surface area contributed by atoms with Crippen molar-refractivity contribution in [2.24, 2.45) is 34.5 Å². The largest absolute Gasteiger partial charge is 0.461 e. The van der Waals surface area contributed by atoms with E-state index in [4.69, 9.17) is 4.74 Å². The van der Waals surface area contributed by atoms with E-state index in [2.05, 4.69) is 29.8 Å². The highest BCUT2D eigenvalue weighted by atomic mass is 79.9. The Morgan fingerprint density at radius 1 is 1.08 bits per heavy atom. The Hall–Kier alpha value is -0.380. The average Bonchev–Trinajstić information content (AvgIpc) is 2.92. The third kappa shape index (κ3) is 2.73. The van der Waals surface area contributed by atoms with Crippen molar-refractivity contribution < 1.29 is 14.3 Å². The van der Waals surface area contributed by atoms with Gasteiger partial charge in [-0.2, -0.15) is 0 Å². The van der Waals surface area contributed by atoms with Crippen molar-refractivity contribution in [1.82, 2.24) is 0 Å². The fourth-order valence-corrected chi connectivity index (χ4v) is 7.51. The van der Waals surface area contributed by atoms with Crippen LogP contribution in [-0.2, 0) is 14.3 Å². The second kappa shape index (κ2) is 6.35. The lowest BCUT2D eigenvalue weighted by Gasteiger charge is -2.60. The van der Waals surface area contributed by atoms with Crippen molar-refractivity contribution in [3.63, 3.8) is 0 Å². The van der Waals surface area contributed by atoms with Crippen molar-refractivity contribution in [3.8, 4) is 0 Å². The fourth-order valence-electron chi connectivity index (χ4n) is 7.38. The normalized spacial score (nSPS) is 49.1. The van der Waals surface area contributed by atoms with Crippen LogP contribution in [0.5, 0.6) is 0 Å². The maximum Gasteiger partial charge on any atom is 0.316 e. The van der Waals surface area contributed by atoms with E-state index in [1.165, 1.54) is 32.1 Å². The van der Waals surface area contributed by atoms with Crippen molar-refractivity contribution in [2.75, 3.05) is 5.33 Å². The SMILES string of the molecule is C[C@]12CCC(=O)CC1CC[C@@H]1[C@@H]2CC[C@]2(C)C(OC(=O)CBr)CC[C@@H]12. The molecule has 3 nitrogen and oxygen atoms in total. The summed E-state index contributed by atoms with van der Waals surface area (Å²) in [7, 11) is 0. The first-order valence-electron chi connectivity index (χ1n) is 10.2. The van der Waals surface area contributed by atoms with Crippen LogP contribution >= 0.6 is 15.9 Å². The molecule has 0 aliphatic heterocycles. The minimum absolute atomic E-state index is 0.0990. The molecule has 4 rings (SSSR count). The first-order chi connectivity index (χ1) is 11.9. The Balaban J connectivity index is 1.56. The molecule has 2 unspecified atom stereocenters. The van der Waals surface area contributed by atoms with Crippen molar-refractivity contribution in [1.29, 1.82) is 0 Å². The molecule has 4 aliphatic carbocycles. The number of carbonyl (C=O) groups is 2. The third-order valence-corrected chi connectivity index (χ3v) is 9.24. The second-order valence-electron chi connectivity index (χ2n) is 9.63. The summed E-state index contributed by atoms with van der Waals surface area (Å²) in [5, 5.41) is 0.296. The van der Waals surface area contributed by atoms with E-state index in [1.807, 2.05) is 0 Å². The Kier molecular flexibility index (Phi) is 4.57. The van der Waals surface area contributed by atoms with Gasteiger partial charge in [-0.3, -0.25) is 9.59 Å². The van der Waals surface area contributed by atoms with Crippen LogP contribution in [0.3, 0.4) is 0 Å². The van der Waals surface area contributed by atoms with Gasteiger partial charge < -0.3 is 4.74 Å². The lowest BCUT2D eigenvalue weighted by Crippen LogP contribution is -2.54. The van der Waals surface area contributed by atoms with Crippen LogP contribution in [0, 0.1) is 34.5 Å². The number of halogens is 1. The number of ether oxygens (including phenoxy) is 1. The lowest BCUT2D eigenvalue weighted by atomic mass is 9.45. The highest BCUT2D eigenvalue weighted by molar-refractivity contribution is 9.09. The molecule has 25 heavy (non-hydrogen) atoms. The van der Waals surface area contributed by atoms with E-state index in [9.17, 15) is 9.59 Å². The van der Waals surface area contributed by atoms with Gasteiger partial charge in [-0.1, -0.05) is 29.8 Å². The molecule has 4 saturated carbocycles. The highest BCUT2D eigenvalue weighted by Gasteiger charge is 2.61. The molecule has 0 aromatic rings. The zero-order chi connectivity index (χ0) is 17.8. The van der Waals surface area contributed by atoms with E-state index < -0.39 is 0 Å². The Morgan fingerprint density at radius 2 is 1.84 bits per heavy atom. The van der Waals surface area contributed by atoms with Crippen LogP contribution in [0.4, 0.5) is 0 Å². The van der Waals surface area contributed by atoms with Crippen molar-refractivity contribution in [3.05, 3.63) is 0 Å². The van der Waals surface area contributed by atoms with Crippen LogP contribution in [0.15, 0.2) is 0 Å². The van der Waals surface area contributed by atoms with Gasteiger partial charge in [-0.05, 0) is 74.0 Å². The topological polar surface area (TPSA) is 43.4 Å². The monoisotopic (exact) mass is 410 g/mol. The summed E-state index contributed by atoms with van der Waals surface area (Å²) >= 11 is 3.23. The quantitative estimate of drug-likeness (QED) is 0.479. The fraction of sp³-hybridized carbons (Fsp3) is 0.905. The molecule has 0 radical (unpaired) electrons. The summed E-state index contributed by atoms with van der Waals surface area (Å²) in [4.78, 5) is 23.8. The second-order valence-corrected chi connectivity index (χ2v) is 10.2. The zero-order valence-electron chi connectivity index (χ0n) is 15.6. The predicted molar refractivity (Wildman–Crippen MR) is 100 cm³/mol. The molecule has 0 heterocycles. The molecule has 4 heteroatoms. The van der Waals surface area contributed by atoms with Crippen molar-refractivity contribution in [2.45, 2.75) is 77.7 Å². The lowest BCUT2D eigenvalue weighted by molar-refractivity contribution is -0.161. The molecule has 0 N–H and O–H groups in total. The van der Waals surface area contributed by atoms with Gasteiger partial charge >= 0.3 is 5.97 Å². The van der Waals surface area contributed by atoms with Crippen LogP contribution in [0.25, 0.3) is 0 Å². The molecule has 0 saturated heterocycles. The van der Waals surface area contributed by atoms with Gasteiger partial charge in [0.25, 0.3) is 0 Å². The first-order valence-corrected chi connectivity index (χ1v) is 11.3. The summed E-state index contributed by atoms with van der Waals surface area (Å²) in [5.41, 5.74) is 0.523. The molecular formula is C21H31BrO3. The summed E-state index contributed by atoms with van der Waals surface area (Å²) in [6.45, 7) is 4.87. The number of esters is 1. The van der Waals surface area contributed by atoms with Gasteiger partial charge in [0.15, 0.2) is 0 Å². The summed E-state index contributed by atoms with van der Waals surface area (Å²) in [6, 6.07) is 0. The number of hydrogen-bond donors (Lipinski definition) is 0. The zero-order valence-corrected chi connectivity index (χ0v) is 17.1. The smallest absolute Gasteiger partial charge is 0.316 e. The van der Waals surface area contributed by atoms with Crippen LogP contribution < -0.4 is 0 Å². The molecule has 0 bridgehead atoms. The Morgan fingerprint density at radius 3 is 2.60 bits per heavy atom. The standard InChI is InChI=1S/C21H31BrO3/c1-20-9-7-14(23)11-13(20)3-4-15-16-5-6-18(25-19(24)12-22)21(16,2)10-8-17(15)20/h13,15-18H,3-12H2,1-2H3/t13?,15-,16-,17-,18?,20-,21-/m0/s1. The minimum Gasteiger partial charge on any atom is -0.461 e. The number of fused-ring (bicyclic) bond motifs is 5. The first kappa shape index (κ1) is 18.0. The van der Waals surface area contributed by atoms with Gasteiger partial charge in [0.05, 0.1) is 0 Å². The van der Waals surface area contributed by atoms with Gasteiger partial charge in [0.2, 0.25) is 0 Å². The number of carbonyl (C=O) groups excluding carboxylic acids is 2. The van der Waals surface area contributed by atoms with Crippen molar-refractivity contribution >= 4 is 27.7 Å². The highest BCUT2D eigenvalue weighted by Crippen LogP contribution is 2.66. The number of rotatable bonds is 2. The van der Waals surface area contributed by atoms with Gasteiger partial charge in [-0.15, -0.1) is 0 Å². The Bertz CT molecular complexity index is 575. The molecule has 7 atom stereocenters. The molecular weight excluding hydrogens is 380 g/mol. The van der Waals surface area contributed by atoms with Crippen LogP contribution in [0.2, 0.25) is 0 Å². The van der Waals surface area contributed by atoms with Gasteiger partial charge in [-0.25, -0.2) is 0 Å². The summed E-state index contributed by atoms with van der Waals surface area (Å²) in [5.74, 6) is 3.21. The maximum atomic E-state index is 12.0. The third-order valence-electron chi connectivity index (χ3n) is 8.78. The summed E-state index contributed by atoms with van der Waals surface area (Å²) < 4.78 is 5.83.